The molecular weight excluding hydrogens is 348 g/mol. The summed E-state index contributed by atoms with van der Waals surface area (Å²) in [5, 5.41) is 6.43. The second-order valence-electron chi connectivity index (χ2n) is 5.93. The van der Waals surface area contributed by atoms with E-state index in [0.29, 0.717) is 37.7 Å². The molecule has 0 unspecified atom stereocenters. The van der Waals surface area contributed by atoms with Gasteiger partial charge in [0.15, 0.2) is 0 Å². The summed E-state index contributed by atoms with van der Waals surface area (Å²) >= 11 is 0. The van der Waals surface area contributed by atoms with E-state index in [1.807, 2.05) is 9.80 Å². The van der Waals surface area contributed by atoms with Gasteiger partial charge in [0.05, 0.1) is 12.1 Å². The molecule has 0 aliphatic carbocycles. The fraction of sp³-hybridized carbons (Fsp3) is 0.857. The highest BCUT2D eigenvalue weighted by Gasteiger charge is 2.24. The summed E-state index contributed by atoms with van der Waals surface area (Å²) in [4.78, 5) is 28.0. The molecule has 2 aliphatic heterocycles. The zero-order valence-electron chi connectivity index (χ0n) is 13.9. The second kappa shape index (κ2) is 10.5. The number of nitrogens with two attached hydrogens (primary N) is 2. The van der Waals surface area contributed by atoms with Gasteiger partial charge in [-0.3, -0.25) is 9.59 Å². The van der Waals surface area contributed by atoms with E-state index in [9.17, 15) is 9.59 Å². The quantitative estimate of drug-likeness (QED) is 0.295. The molecule has 24 heavy (non-hydrogen) atoms. The Bertz CT molecular complexity index is 378. The van der Waals surface area contributed by atoms with Crippen LogP contribution in [0.1, 0.15) is 0 Å². The van der Waals surface area contributed by atoms with Gasteiger partial charge in [-0.15, -0.1) is 0 Å². The summed E-state index contributed by atoms with van der Waals surface area (Å²) < 4.78 is 0. The molecule has 0 aromatic rings. The zero-order valence-corrected chi connectivity index (χ0v) is 15.5. The van der Waals surface area contributed by atoms with Crippen molar-refractivity contribution >= 4 is 33.4 Å². The van der Waals surface area contributed by atoms with Crippen LogP contribution < -0.4 is 22.1 Å². The van der Waals surface area contributed by atoms with Crippen molar-refractivity contribution in [2.24, 2.45) is 11.5 Å². The second-order valence-corrected chi connectivity index (χ2v) is 8.48. The van der Waals surface area contributed by atoms with Crippen molar-refractivity contribution < 1.29 is 9.59 Å². The van der Waals surface area contributed by atoms with E-state index in [1.165, 1.54) is 21.6 Å². The van der Waals surface area contributed by atoms with E-state index in [0.717, 1.165) is 26.2 Å². The Balaban J connectivity index is 1.60. The van der Waals surface area contributed by atoms with Gasteiger partial charge in [-0.05, 0) is 0 Å². The van der Waals surface area contributed by atoms with Gasteiger partial charge in [0.2, 0.25) is 11.8 Å². The van der Waals surface area contributed by atoms with Gasteiger partial charge in [-0.1, -0.05) is 21.6 Å². The summed E-state index contributed by atoms with van der Waals surface area (Å²) in [5.41, 5.74) is 12.0. The average Bonchev–Trinajstić information content (AvgIpc) is 2.65. The summed E-state index contributed by atoms with van der Waals surface area (Å²) in [5.74, 6) is 1.07. The average molecular weight is 377 g/mol. The largest absolute Gasteiger partial charge is 0.339 e. The Morgan fingerprint density at radius 2 is 1.12 bits per heavy atom. The summed E-state index contributed by atoms with van der Waals surface area (Å²) in [7, 11) is 3.02. The fourth-order valence-electron chi connectivity index (χ4n) is 2.62. The van der Waals surface area contributed by atoms with Gasteiger partial charge in [-0.25, -0.2) is 0 Å². The third-order valence-corrected chi connectivity index (χ3v) is 6.54. The monoisotopic (exact) mass is 376 g/mol. The molecule has 0 radical (unpaired) electrons. The maximum absolute atomic E-state index is 12.2. The molecule has 0 saturated carbocycles. The Morgan fingerprint density at radius 3 is 1.46 bits per heavy atom. The summed E-state index contributed by atoms with van der Waals surface area (Å²) in [6.07, 6.45) is 0. The molecule has 2 heterocycles. The molecule has 138 valence electrons. The van der Waals surface area contributed by atoms with E-state index in [1.54, 1.807) is 0 Å². The number of rotatable bonds is 7. The molecule has 2 fully saturated rings. The van der Waals surface area contributed by atoms with Crippen LogP contribution in [0, 0.1) is 0 Å². The zero-order chi connectivity index (χ0) is 17.4. The van der Waals surface area contributed by atoms with E-state index in [4.69, 9.17) is 11.5 Å². The highest BCUT2D eigenvalue weighted by atomic mass is 33.1. The van der Waals surface area contributed by atoms with Gasteiger partial charge in [-0.2, -0.15) is 0 Å². The van der Waals surface area contributed by atoms with E-state index in [2.05, 4.69) is 10.6 Å². The van der Waals surface area contributed by atoms with Crippen molar-refractivity contribution in [3.05, 3.63) is 0 Å². The molecule has 2 saturated heterocycles. The number of nitrogens with zero attached hydrogens (tertiary/aromatic N) is 2. The predicted molar refractivity (Wildman–Crippen MR) is 99.8 cm³/mol. The molecule has 2 amide bonds. The van der Waals surface area contributed by atoms with Crippen molar-refractivity contribution in [3.63, 3.8) is 0 Å². The van der Waals surface area contributed by atoms with Crippen LogP contribution in [0.2, 0.25) is 0 Å². The van der Waals surface area contributed by atoms with E-state index < -0.39 is 12.1 Å². The lowest BCUT2D eigenvalue weighted by atomic mass is 10.2. The minimum atomic E-state index is -0.499. The number of hydrogen-bond acceptors (Lipinski definition) is 8. The van der Waals surface area contributed by atoms with Gasteiger partial charge < -0.3 is 31.9 Å². The Morgan fingerprint density at radius 1 is 0.792 bits per heavy atom. The number of hydrogen-bond donors (Lipinski definition) is 4. The number of piperazine rings is 2. The summed E-state index contributed by atoms with van der Waals surface area (Å²) in [6.45, 7) is 6.16. The lowest BCUT2D eigenvalue weighted by Gasteiger charge is -2.30. The van der Waals surface area contributed by atoms with Crippen molar-refractivity contribution in [3.8, 4) is 0 Å². The first-order valence-corrected chi connectivity index (χ1v) is 10.8. The number of amides is 2. The van der Waals surface area contributed by atoms with Crippen LogP contribution in [-0.2, 0) is 9.59 Å². The van der Waals surface area contributed by atoms with Crippen molar-refractivity contribution in [1.82, 2.24) is 20.4 Å². The van der Waals surface area contributed by atoms with Crippen LogP contribution in [0.3, 0.4) is 0 Å². The molecule has 0 aromatic heterocycles. The van der Waals surface area contributed by atoms with Gasteiger partial charge >= 0.3 is 0 Å². The molecule has 2 atom stereocenters. The molecule has 8 nitrogen and oxygen atoms in total. The molecule has 2 aliphatic rings. The Labute approximate surface area is 151 Å². The Hall–Kier alpha value is -0.520. The van der Waals surface area contributed by atoms with Crippen molar-refractivity contribution in [1.29, 1.82) is 0 Å². The fourth-order valence-corrected chi connectivity index (χ4v) is 4.85. The SMILES string of the molecule is N[C@@H](CSSC[C@H](N)C(=O)N1CCNCC1)C(=O)N1CCNCC1. The number of carbonyl (C=O) groups excluding carboxylic acids is 2. The first-order valence-electron chi connectivity index (χ1n) is 8.34. The summed E-state index contributed by atoms with van der Waals surface area (Å²) in [6, 6.07) is -0.999. The van der Waals surface area contributed by atoms with Crippen LogP contribution in [0.5, 0.6) is 0 Å². The third kappa shape index (κ3) is 6.08. The van der Waals surface area contributed by atoms with Crippen molar-refractivity contribution in [2.75, 3.05) is 63.9 Å². The highest BCUT2D eigenvalue weighted by Crippen LogP contribution is 2.23. The number of nitrogens with one attached hydrogen (secondary N) is 2. The van der Waals surface area contributed by atoms with Crippen LogP contribution in [0.4, 0.5) is 0 Å². The topological polar surface area (TPSA) is 117 Å². The van der Waals surface area contributed by atoms with Gasteiger partial charge in [0.25, 0.3) is 0 Å². The highest BCUT2D eigenvalue weighted by molar-refractivity contribution is 8.76. The van der Waals surface area contributed by atoms with Crippen LogP contribution in [0.25, 0.3) is 0 Å². The first-order chi connectivity index (χ1) is 11.6. The maximum atomic E-state index is 12.2. The lowest BCUT2D eigenvalue weighted by Crippen LogP contribution is -2.52. The minimum absolute atomic E-state index is 0.00536. The third-order valence-electron chi connectivity index (χ3n) is 4.07. The molecule has 10 heteroatoms. The molecule has 0 spiro atoms. The van der Waals surface area contributed by atoms with Crippen LogP contribution >= 0.6 is 21.6 Å². The Kier molecular flexibility index (Phi) is 8.63. The van der Waals surface area contributed by atoms with Crippen LogP contribution in [-0.4, -0.2) is 97.6 Å². The lowest BCUT2D eigenvalue weighted by molar-refractivity contribution is -0.133. The van der Waals surface area contributed by atoms with E-state index >= 15 is 0 Å². The molecule has 0 bridgehead atoms. The van der Waals surface area contributed by atoms with Crippen molar-refractivity contribution in [2.45, 2.75) is 12.1 Å². The predicted octanol–water partition coefficient (Wildman–Crippen LogP) is -2.11. The smallest absolute Gasteiger partial charge is 0.240 e. The standard InChI is InChI=1S/C14H28N6O2S2/c15-11(13(21)19-5-1-17-2-6-19)9-23-24-10-12(16)14(22)20-7-3-18-4-8-20/h11-12,17-18H,1-10,15-16H2/t11-,12-/m0/s1. The minimum Gasteiger partial charge on any atom is -0.339 e. The van der Waals surface area contributed by atoms with E-state index in [-0.39, 0.29) is 11.8 Å². The molecule has 0 aromatic carbocycles. The maximum Gasteiger partial charge on any atom is 0.240 e. The number of carbonyl (C=O) groups is 2. The molecule has 6 N–H and O–H groups in total. The van der Waals surface area contributed by atoms with Crippen LogP contribution in [0.15, 0.2) is 0 Å². The first kappa shape index (κ1) is 19.8. The molecular formula is C14H28N6O2S2. The normalized spacial score (nSPS) is 21.4. The van der Waals surface area contributed by atoms with Gasteiger partial charge in [0, 0.05) is 63.9 Å². The van der Waals surface area contributed by atoms with Gasteiger partial charge in [0.1, 0.15) is 0 Å². The molecule has 2 rings (SSSR count).